The van der Waals surface area contributed by atoms with Gasteiger partial charge in [0.2, 0.25) is 6.10 Å². The molecule has 184 valence electrons. The number of ether oxygens (including phenoxy) is 1. The normalized spacial score (nSPS) is 22.4. The van der Waals surface area contributed by atoms with E-state index in [1.165, 1.54) is 0 Å². The van der Waals surface area contributed by atoms with E-state index in [1.54, 1.807) is 0 Å². The van der Waals surface area contributed by atoms with Gasteiger partial charge in [0.25, 0.3) is 11.8 Å². The fraction of sp³-hybridized carbons (Fsp3) is 0.188. The molecule has 1 saturated heterocycles. The predicted octanol–water partition coefficient (Wildman–Crippen LogP) is 6.12. The fourth-order valence-corrected chi connectivity index (χ4v) is 5.79. The second-order valence-corrected chi connectivity index (χ2v) is 9.86. The number of amides is 2. The van der Waals surface area contributed by atoms with Crippen LogP contribution in [0.25, 0.3) is 0 Å². The summed E-state index contributed by atoms with van der Waals surface area (Å²) in [6.45, 7) is 4.10. The summed E-state index contributed by atoms with van der Waals surface area (Å²) in [4.78, 5) is 31.5. The summed E-state index contributed by atoms with van der Waals surface area (Å²) in [5.41, 5.74) is 3.41. The molecule has 5 heteroatoms. The lowest BCUT2D eigenvalue weighted by atomic mass is 9.70. The maximum atomic E-state index is 13.9. The monoisotopic (exact) mass is 488 g/mol. The number of carbonyl (C=O) groups is 2. The average molecular weight is 489 g/mol. The molecular weight excluding hydrogens is 460 g/mol. The van der Waals surface area contributed by atoms with Gasteiger partial charge in [-0.05, 0) is 55.8 Å². The van der Waals surface area contributed by atoms with E-state index >= 15 is 0 Å². The Morgan fingerprint density at radius 3 is 2.08 bits per heavy atom. The highest BCUT2D eigenvalue weighted by molar-refractivity contribution is 6.14. The van der Waals surface area contributed by atoms with Gasteiger partial charge in [-0.25, -0.2) is 0 Å². The SMILES string of the molecule is Cc1ccc([C@]23C[C@@H](C)N(C(=O)c4ccccc4)c4ccccc4N2C(=O)[C@@H]3Oc2ccccc2)cc1. The fourth-order valence-electron chi connectivity index (χ4n) is 5.79. The van der Waals surface area contributed by atoms with Gasteiger partial charge >= 0.3 is 0 Å². The summed E-state index contributed by atoms with van der Waals surface area (Å²) in [7, 11) is 0. The summed E-state index contributed by atoms with van der Waals surface area (Å²) in [5, 5.41) is 0. The summed E-state index contributed by atoms with van der Waals surface area (Å²) in [5.74, 6) is 0.447. The number of hydrogen-bond donors (Lipinski definition) is 0. The van der Waals surface area contributed by atoms with E-state index in [-0.39, 0.29) is 17.9 Å². The number of carbonyl (C=O) groups excluding carboxylic acids is 2. The van der Waals surface area contributed by atoms with Crippen LogP contribution in [0.4, 0.5) is 11.4 Å². The lowest BCUT2D eigenvalue weighted by Crippen LogP contribution is -2.75. The van der Waals surface area contributed by atoms with Crippen molar-refractivity contribution in [1.29, 1.82) is 0 Å². The van der Waals surface area contributed by atoms with E-state index in [9.17, 15) is 9.59 Å². The van der Waals surface area contributed by atoms with Gasteiger partial charge in [0.15, 0.2) is 0 Å². The molecule has 1 fully saturated rings. The van der Waals surface area contributed by atoms with Gasteiger partial charge in [0.1, 0.15) is 11.3 Å². The standard InChI is InChI=1S/C32H28N2O3/c1-22-17-19-25(20-18-22)32-21-23(2)33(30(35)24-11-5-3-6-12-24)27-15-9-10-16-28(27)34(32)31(36)29(32)37-26-13-7-4-8-14-26/h3-20,23,29H,21H2,1-2H3/t23-,29+,32+/m1/s1. The number of β-lactam (4-membered cyclic amide) rings is 1. The molecule has 2 aliphatic heterocycles. The molecule has 2 heterocycles. The highest BCUT2D eigenvalue weighted by atomic mass is 16.5. The number of benzene rings is 4. The molecule has 0 N–H and O–H groups in total. The van der Waals surface area contributed by atoms with Crippen molar-refractivity contribution < 1.29 is 14.3 Å². The van der Waals surface area contributed by atoms with Crippen LogP contribution in [0.1, 0.15) is 34.8 Å². The first-order valence-electron chi connectivity index (χ1n) is 12.6. The minimum absolute atomic E-state index is 0.0879. The second-order valence-electron chi connectivity index (χ2n) is 9.86. The molecular formula is C32H28N2O3. The maximum absolute atomic E-state index is 13.9. The number of nitrogens with zero attached hydrogens (tertiary/aromatic N) is 2. The van der Waals surface area contributed by atoms with E-state index in [4.69, 9.17) is 4.74 Å². The van der Waals surface area contributed by atoms with Gasteiger partial charge in [-0.3, -0.25) is 14.5 Å². The van der Waals surface area contributed by atoms with Crippen molar-refractivity contribution in [3.63, 3.8) is 0 Å². The molecule has 6 rings (SSSR count). The third kappa shape index (κ3) is 3.61. The van der Waals surface area contributed by atoms with Crippen molar-refractivity contribution in [2.75, 3.05) is 9.80 Å². The van der Waals surface area contributed by atoms with Crippen molar-refractivity contribution in [3.05, 3.63) is 126 Å². The van der Waals surface area contributed by atoms with Crippen LogP contribution in [0.5, 0.6) is 5.75 Å². The van der Waals surface area contributed by atoms with Crippen LogP contribution in [0, 0.1) is 6.92 Å². The summed E-state index contributed by atoms with van der Waals surface area (Å²) in [6.07, 6.45) is -0.202. The van der Waals surface area contributed by atoms with Crippen molar-refractivity contribution in [2.45, 2.75) is 38.0 Å². The van der Waals surface area contributed by atoms with E-state index < -0.39 is 11.6 Å². The molecule has 0 aliphatic carbocycles. The molecule has 0 unspecified atom stereocenters. The highest BCUT2D eigenvalue weighted by Gasteiger charge is 2.66. The lowest BCUT2D eigenvalue weighted by molar-refractivity contribution is -0.142. The molecule has 2 amide bonds. The first-order valence-corrected chi connectivity index (χ1v) is 12.6. The van der Waals surface area contributed by atoms with Gasteiger partial charge in [-0.2, -0.15) is 0 Å². The Kier molecular flexibility index (Phi) is 5.56. The minimum atomic E-state index is -0.776. The highest BCUT2D eigenvalue weighted by Crippen LogP contribution is 2.54. The zero-order chi connectivity index (χ0) is 25.6. The van der Waals surface area contributed by atoms with E-state index in [0.717, 1.165) is 22.5 Å². The molecule has 0 bridgehead atoms. The second kappa shape index (κ2) is 8.93. The largest absolute Gasteiger partial charge is 0.478 e. The molecule has 4 aromatic rings. The molecule has 2 aliphatic rings. The Hall–Kier alpha value is -4.38. The number of aryl methyl sites for hydroxylation is 1. The number of hydrogen-bond acceptors (Lipinski definition) is 3. The van der Waals surface area contributed by atoms with Crippen LogP contribution in [0.3, 0.4) is 0 Å². The third-order valence-corrected chi connectivity index (χ3v) is 7.50. The van der Waals surface area contributed by atoms with Crippen LogP contribution in [-0.2, 0) is 10.3 Å². The topological polar surface area (TPSA) is 49.9 Å². The number of rotatable bonds is 4. The predicted molar refractivity (Wildman–Crippen MR) is 145 cm³/mol. The van der Waals surface area contributed by atoms with Gasteiger partial charge in [-0.15, -0.1) is 0 Å². The van der Waals surface area contributed by atoms with Crippen LogP contribution < -0.4 is 14.5 Å². The number of anilines is 2. The van der Waals surface area contributed by atoms with E-state index in [0.29, 0.717) is 17.7 Å². The maximum Gasteiger partial charge on any atom is 0.271 e. The lowest BCUT2D eigenvalue weighted by Gasteiger charge is -2.56. The van der Waals surface area contributed by atoms with Gasteiger partial charge < -0.3 is 9.64 Å². The van der Waals surface area contributed by atoms with Crippen molar-refractivity contribution in [1.82, 2.24) is 0 Å². The minimum Gasteiger partial charge on any atom is -0.478 e. The molecule has 0 aromatic heterocycles. The Bertz CT molecular complexity index is 1450. The molecule has 37 heavy (non-hydrogen) atoms. The van der Waals surface area contributed by atoms with Crippen LogP contribution >= 0.6 is 0 Å². The summed E-state index contributed by atoms with van der Waals surface area (Å²) < 4.78 is 6.42. The number of para-hydroxylation sites is 3. The number of fused-ring (bicyclic) bond motifs is 3. The van der Waals surface area contributed by atoms with Crippen LogP contribution in [-0.4, -0.2) is 24.0 Å². The van der Waals surface area contributed by atoms with Crippen molar-refractivity contribution in [3.8, 4) is 5.75 Å². The van der Waals surface area contributed by atoms with Gasteiger partial charge in [0, 0.05) is 18.0 Å². The smallest absolute Gasteiger partial charge is 0.271 e. The zero-order valence-corrected chi connectivity index (χ0v) is 20.9. The quantitative estimate of drug-likeness (QED) is 0.325. The molecule has 4 aromatic carbocycles. The Labute approximate surface area is 216 Å². The summed E-state index contributed by atoms with van der Waals surface area (Å²) in [6, 6.07) is 34.6. The van der Waals surface area contributed by atoms with Crippen LogP contribution in [0.2, 0.25) is 0 Å². The van der Waals surface area contributed by atoms with E-state index in [1.807, 2.05) is 102 Å². The first-order chi connectivity index (χ1) is 18.0. The Balaban J connectivity index is 1.53. The summed E-state index contributed by atoms with van der Waals surface area (Å²) >= 11 is 0. The Morgan fingerprint density at radius 2 is 1.41 bits per heavy atom. The molecule has 0 saturated carbocycles. The molecule has 3 atom stereocenters. The van der Waals surface area contributed by atoms with Crippen molar-refractivity contribution in [2.24, 2.45) is 0 Å². The van der Waals surface area contributed by atoms with E-state index in [2.05, 4.69) is 31.2 Å². The van der Waals surface area contributed by atoms with Crippen molar-refractivity contribution >= 4 is 23.2 Å². The average Bonchev–Trinajstić information content (AvgIpc) is 3.03. The van der Waals surface area contributed by atoms with Crippen LogP contribution in [0.15, 0.2) is 109 Å². The zero-order valence-electron chi connectivity index (χ0n) is 20.9. The Morgan fingerprint density at radius 1 is 0.811 bits per heavy atom. The molecule has 0 spiro atoms. The molecule has 5 nitrogen and oxygen atoms in total. The third-order valence-electron chi connectivity index (χ3n) is 7.50. The van der Waals surface area contributed by atoms with Gasteiger partial charge in [0.05, 0.1) is 11.4 Å². The first kappa shape index (κ1) is 23.0. The molecule has 0 radical (unpaired) electrons. The van der Waals surface area contributed by atoms with Gasteiger partial charge in [-0.1, -0.05) is 78.4 Å².